The minimum Gasteiger partial charge on any atom is -0.315 e. The third kappa shape index (κ3) is 3.84. The van der Waals surface area contributed by atoms with E-state index in [1.54, 1.807) is 19.2 Å². The normalized spacial score (nSPS) is 12.0. The van der Waals surface area contributed by atoms with Crippen LogP contribution in [0.1, 0.15) is 10.4 Å². The average molecular weight is 345 g/mol. The van der Waals surface area contributed by atoms with Gasteiger partial charge < -0.3 is 5.32 Å². The fraction of sp³-hybridized carbons (Fsp3) is 0.286. The first-order valence-corrected chi connectivity index (χ1v) is 9.01. The lowest BCUT2D eigenvalue weighted by Gasteiger charge is -2.16. The van der Waals surface area contributed by atoms with Crippen LogP contribution in [0.2, 0.25) is 5.02 Å². The molecule has 0 amide bonds. The maximum Gasteiger partial charge on any atom is 0.252 e. The number of nitrogens with one attached hydrogen (secondary N) is 1. The smallest absolute Gasteiger partial charge is 0.252 e. The number of sulfonamides is 1. The highest BCUT2D eigenvalue weighted by Crippen LogP contribution is 2.26. The summed E-state index contributed by atoms with van der Waals surface area (Å²) in [6, 6.07) is 10.7. The number of halogens is 1. The second kappa shape index (κ2) is 6.89. The van der Waals surface area contributed by atoms with Crippen molar-refractivity contribution in [3.8, 4) is 0 Å². The van der Waals surface area contributed by atoms with E-state index in [1.165, 1.54) is 15.6 Å². The van der Waals surface area contributed by atoms with Crippen LogP contribution in [-0.4, -0.2) is 26.8 Å². The Labute approximate surface area is 134 Å². The van der Waals surface area contributed by atoms with Gasteiger partial charge in [0.1, 0.15) is 4.21 Å². The summed E-state index contributed by atoms with van der Waals surface area (Å²) in [7, 11) is -0.0896. The van der Waals surface area contributed by atoms with E-state index in [0.29, 0.717) is 15.8 Å². The Morgan fingerprint density at radius 1 is 1.24 bits per heavy atom. The Hall–Kier alpha value is -0.920. The molecule has 0 aliphatic heterocycles. The van der Waals surface area contributed by atoms with Gasteiger partial charge in [-0.1, -0.05) is 29.8 Å². The molecular formula is C14H17ClN2O2S2. The van der Waals surface area contributed by atoms with Crippen LogP contribution in [0.4, 0.5) is 0 Å². The van der Waals surface area contributed by atoms with Gasteiger partial charge >= 0.3 is 0 Å². The number of benzene rings is 1. The molecule has 0 radical (unpaired) electrons. The zero-order valence-corrected chi connectivity index (χ0v) is 14.2. The summed E-state index contributed by atoms with van der Waals surface area (Å²) in [6.45, 7) is 0.912. The van der Waals surface area contributed by atoms with Gasteiger partial charge in [0.05, 0.1) is 0 Å². The molecule has 1 aromatic heterocycles. The van der Waals surface area contributed by atoms with Crippen molar-refractivity contribution in [2.75, 3.05) is 14.1 Å². The quantitative estimate of drug-likeness (QED) is 0.876. The van der Waals surface area contributed by atoms with Gasteiger partial charge in [-0.05, 0) is 30.8 Å². The Bertz CT molecular complexity index is 713. The molecule has 4 nitrogen and oxygen atoms in total. The Morgan fingerprint density at radius 2 is 1.95 bits per heavy atom. The van der Waals surface area contributed by atoms with Crippen molar-refractivity contribution in [3.05, 3.63) is 51.9 Å². The maximum absolute atomic E-state index is 12.5. The molecule has 0 unspecified atom stereocenters. The second-order valence-electron chi connectivity index (χ2n) is 4.60. The maximum atomic E-state index is 12.5. The number of nitrogens with zero attached hydrogens (tertiary/aromatic N) is 1. The van der Waals surface area contributed by atoms with E-state index in [9.17, 15) is 8.42 Å². The van der Waals surface area contributed by atoms with Gasteiger partial charge in [0, 0.05) is 30.0 Å². The van der Waals surface area contributed by atoms with E-state index >= 15 is 0 Å². The van der Waals surface area contributed by atoms with Crippen molar-refractivity contribution in [1.82, 2.24) is 9.62 Å². The third-order valence-electron chi connectivity index (χ3n) is 3.00. The lowest BCUT2D eigenvalue weighted by Crippen LogP contribution is -2.25. The van der Waals surface area contributed by atoms with Crippen LogP contribution >= 0.6 is 22.9 Å². The highest BCUT2D eigenvalue weighted by atomic mass is 35.5. The Morgan fingerprint density at radius 3 is 2.62 bits per heavy atom. The minimum atomic E-state index is -3.49. The molecular weight excluding hydrogens is 328 g/mol. The molecule has 114 valence electrons. The van der Waals surface area contributed by atoms with E-state index in [0.717, 1.165) is 10.4 Å². The molecule has 21 heavy (non-hydrogen) atoms. The summed E-state index contributed by atoms with van der Waals surface area (Å²) in [5.41, 5.74) is 0.789. The van der Waals surface area contributed by atoms with E-state index in [-0.39, 0.29) is 6.54 Å². The first-order valence-electron chi connectivity index (χ1n) is 6.38. The summed E-state index contributed by atoms with van der Waals surface area (Å²) >= 11 is 7.36. The van der Waals surface area contributed by atoms with Crippen molar-refractivity contribution in [2.45, 2.75) is 17.3 Å². The van der Waals surface area contributed by atoms with Crippen LogP contribution in [0.3, 0.4) is 0 Å². The van der Waals surface area contributed by atoms with Crippen molar-refractivity contribution in [1.29, 1.82) is 0 Å². The monoisotopic (exact) mass is 344 g/mol. The molecule has 0 fully saturated rings. The number of thiophene rings is 1. The van der Waals surface area contributed by atoms with Gasteiger partial charge in [0.25, 0.3) is 10.0 Å². The van der Waals surface area contributed by atoms with Crippen LogP contribution in [0, 0.1) is 0 Å². The molecule has 1 heterocycles. The first kappa shape index (κ1) is 16.5. The third-order valence-corrected chi connectivity index (χ3v) is 6.73. The molecule has 7 heteroatoms. The summed E-state index contributed by atoms with van der Waals surface area (Å²) in [4.78, 5) is 0.988. The highest BCUT2D eigenvalue weighted by Gasteiger charge is 2.23. The summed E-state index contributed by atoms with van der Waals surface area (Å²) in [6.07, 6.45) is 0. The van der Waals surface area contributed by atoms with Crippen LogP contribution in [-0.2, 0) is 23.1 Å². The number of hydrogen-bond donors (Lipinski definition) is 1. The van der Waals surface area contributed by atoms with Gasteiger partial charge in [-0.25, -0.2) is 8.42 Å². The topological polar surface area (TPSA) is 49.4 Å². The molecule has 0 saturated carbocycles. The van der Waals surface area contributed by atoms with Crippen LogP contribution in [0.5, 0.6) is 0 Å². The van der Waals surface area contributed by atoms with Gasteiger partial charge in [0.2, 0.25) is 0 Å². The van der Waals surface area contributed by atoms with Gasteiger partial charge in [-0.2, -0.15) is 4.31 Å². The molecule has 0 aliphatic rings. The molecule has 0 saturated heterocycles. The SMILES string of the molecule is CNCc1ccc(S(=O)(=O)N(C)Cc2ccccc2Cl)s1. The first-order chi connectivity index (χ1) is 9.95. The molecule has 0 spiro atoms. The predicted octanol–water partition coefficient (Wildman–Crippen LogP) is 2.94. The highest BCUT2D eigenvalue weighted by molar-refractivity contribution is 7.91. The van der Waals surface area contributed by atoms with Gasteiger partial charge in [-0.3, -0.25) is 0 Å². The van der Waals surface area contributed by atoms with E-state index in [1.807, 2.05) is 31.3 Å². The lowest BCUT2D eigenvalue weighted by atomic mass is 10.2. The van der Waals surface area contributed by atoms with Crippen LogP contribution in [0.25, 0.3) is 0 Å². The van der Waals surface area contributed by atoms with Crippen molar-refractivity contribution >= 4 is 33.0 Å². The van der Waals surface area contributed by atoms with Crippen molar-refractivity contribution < 1.29 is 8.42 Å². The molecule has 2 rings (SSSR count). The zero-order chi connectivity index (χ0) is 15.5. The van der Waals surface area contributed by atoms with E-state index < -0.39 is 10.0 Å². The lowest BCUT2D eigenvalue weighted by molar-refractivity contribution is 0.468. The average Bonchev–Trinajstić information content (AvgIpc) is 2.91. The molecule has 0 aliphatic carbocycles. The molecule has 2 aromatic rings. The molecule has 1 aromatic carbocycles. The Kier molecular flexibility index (Phi) is 5.40. The largest absolute Gasteiger partial charge is 0.315 e. The Balaban J connectivity index is 2.20. The van der Waals surface area contributed by atoms with Crippen LogP contribution in [0.15, 0.2) is 40.6 Å². The molecule has 1 N–H and O–H groups in total. The van der Waals surface area contributed by atoms with E-state index in [2.05, 4.69) is 5.32 Å². The fourth-order valence-electron chi connectivity index (χ4n) is 1.87. The molecule has 0 bridgehead atoms. The summed E-state index contributed by atoms with van der Waals surface area (Å²) in [5, 5.41) is 3.58. The van der Waals surface area contributed by atoms with Gasteiger partial charge in [0.15, 0.2) is 0 Å². The standard InChI is InChI=1S/C14H17ClN2O2S2/c1-16-9-12-7-8-14(20-12)21(18,19)17(2)10-11-5-3-4-6-13(11)15/h3-8,16H,9-10H2,1-2H3. The summed E-state index contributed by atoms with van der Waals surface area (Å²) in [5.74, 6) is 0. The second-order valence-corrected chi connectivity index (χ2v) is 8.45. The predicted molar refractivity (Wildman–Crippen MR) is 87.2 cm³/mol. The number of hydrogen-bond acceptors (Lipinski definition) is 4. The van der Waals surface area contributed by atoms with E-state index in [4.69, 9.17) is 11.6 Å². The fourth-order valence-corrected chi connectivity index (χ4v) is 4.79. The minimum absolute atomic E-state index is 0.251. The zero-order valence-electron chi connectivity index (χ0n) is 11.8. The van der Waals surface area contributed by atoms with Crippen molar-refractivity contribution in [3.63, 3.8) is 0 Å². The molecule has 0 atom stereocenters. The van der Waals surface area contributed by atoms with Crippen LogP contribution < -0.4 is 5.32 Å². The van der Waals surface area contributed by atoms with Gasteiger partial charge in [-0.15, -0.1) is 11.3 Å². The summed E-state index contributed by atoms with van der Waals surface area (Å²) < 4.78 is 26.7. The number of rotatable bonds is 6. The van der Waals surface area contributed by atoms with Crippen molar-refractivity contribution in [2.24, 2.45) is 0 Å².